The lowest BCUT2D eigenvalue weighted by atomic mass is 9.78. The van der Waals surface area contributed by atoms with Crippen molar-refractivity contribution in [3.8, 4) is 0 Å². The van der Waals surface area contributed by atoms with Crippen LogP contribution < -0.4 is 0 Å². The fourth-order valence-electron chi connectivity index (χ4n) is 4.01. The number of benzene rings is 1. The maximum absolute atomic E-state index is 4.78. The number of nitrogens with zero attached hydrogens (tertiary/aromatic N) is 3. The number of pyridine rings is 1. The first-order chi connectivity index (χ1) is 11.7. The average molecular weight is 317 g/mol. The summed E-state index contributed by atoms with van der Waals surface area (Å²) < 4.78 is 0. The summed E-state index contributed by atoms with van der Waals surface area (Å²) in [7, 11) is 0. The molecule has 3 nitrogen and oxygen atoms in total. The minimum absolute atomic E-state index is 0.351. The van der Waals surface area contributed by atoms with Crippen molar-refractivity contribution in [1.29, 1.82) is 0 Å². The Balaban J connectivity index is 1.62. The minimum atomic E-state index is 0.351. The molecule has 0 fully saturated rings. The SMILES string of the molecule is Cc1nc(C(C)CC2CCCc3ccccc32)nc2cnccc12. The van der Waals surface area contributed by atoms with E-state index in [0.717, 1.165) is 28.8 Å². The van der Waals surface area contributed by atoms with Crippen molar-refractivity contribution in [2.75, 3.05) is 0 Å². The van der Waals surface area contributed by atoms with E-state index in [1.807, 2.05) is 12.3 Å². The topological polar surface area (TPSA) is 38.7 Å². The van der Waals surface area contributed by atoms with Crippen LogP contribution >= 0.6 is 0 Å². The van der Waals surface area contributed by atoms with Gasteiger partial charge in [-0.2, -0.15) is 0 Å². The lowest BCUT2D eigenvalue weighted by Gasteiger charge is -2.27. The van der Waals surface area contributed by atoms with Gasteiger partial charge < -0.3 is 0 Å². The molecule has 0 N–H and O–H groups in total. The van der Waals surface area contributed by atoms with Gasteiger partial charge in [0.1, 0.15) is 5.82 Å². The van der Waals surface area contributed by atoms with Gasteiger partial charge in [-0.25, -0.2) is 9.97 Å². The Morgan fingerprint density at radius 3 is 2.96 bits per heavy atom. The highest BCUT2D eigenvalue weighted by Crippen LogP contribution is 2.37. The Labute approximate surface area is 143 Å². The van der Waals surface area contributed by atoms with Crippen LogP contribution in [0.1, 0.15) is 60.7 Å². The molecule has 3 aromatic rings. The fourth-order valence-corrected chi connectivity index (χ4v) is 4.01. The zero-order valence-electron chi connectivity index (χ0n) is 14.4. The van der Waals surface area contributed by atoms with E-state index in [4.69, 9.17) is 9.97 Å². The lowest BCUT2D eigenvalue weighted by molar-refractivity contribution is 0.475. The molecule has 2 heterocycles. The quantitative estimate of drug-likeness (QED) is 0.686. The first-order valence-electron chi connectivity index (χ1n) is 8.88. The molecule has 1 aliphatic carbocycles. The standard InChI is InChI=1S/C21H23N3/c1-14(12-17-8-5-7-16-6-3-4-9-19(16)17)21-23-15(2)18-10-11-22-13-20(18)24-21/h3-4,6,9-11,13-14,17H,5,7-8,12H2,1-2H3. The molecule has 1 aromatic carbocycles. The predicted molar refractivity (Wildman–Crippen MR) is 97.2 cm³/mol. The van der Waals surface area contributed by atoms with Gasteiger partial charge in [0.15, 0.2) is 0 Å². The third-order valence-electron chi connectivity index (χ3n) is 5.28. The zero-order valence-corrected chi connectivity index (χ0v) is 14.4. The molecule has 0 saturated carbocycles. The predicted octanol–water partition coefficient (Wildman–Crippen LogP) is 4.95. The van der Waals surface area contributed by atoms with Crippen LogP contribution in [0.2, 0.25) is 0 Å². The maximum Gasteiger partial charge on any atom is 0.132 e. The molecule has 4 rings (SSSR count). The number of rotatable bonds is 3. The third-order valence-corrected chi connectivity index (χ3v) is 5.28. The minimum Gasteiger partial charge on any atom is -0.262 e. The van der Waals surface area contributed by atoms with Gasteiger partial charge in [0.25, 0.3) is 0 Å². The molecule has 0 aliphatic heterocycles. The van der Waals surface area contributed by atoms with E-state index in [2.05, 4.69) is 43.1 Å². The molecular weight excluding hydrogens is 294 g/mol. The molecule has 0 radical (unpaired) electrons. The van der Waals surface area contributed by atoms with Crippen molar-refractivity contribution in [2.45, 2.75) is 51.4 Å². The third kappa shape index (κ3) is 2.79. The normalized spacial score (nSPS) is 18.3. The smallest absolute Gasteiger partial charge is 0.132 e. The second-order valence-corrected chi connectivity index (χ2v) is 6.98. The van der Waals surface area contributed by atoms with Crippen molar-refractivity contribution < 1.29 is 0 Å². The Morgan fingerprint density at radius 2 is 2.04 bits per heavy atom. The molecule has 2 unspecified atom stereocenters. The van der Waals surface area contributed by atoms with Gasteiger partial charge in [-0.3, -0.25) is 4.98 Å². The summed E-state index contributed by atoms with van der Waals surface area (Å²) in [5, 5.41) is 1.10. The van der Waals surface area contributed by atoms with Crippen LogP contribution in [-0.4, -0.2) is 15.0 Å². The number of hydrogen-bond acceptors (Lipinski definition) is 3. The second-order valence-electron chi connectivity index (χ2n) is 6.98. The summed E-state index contributed by atoms with van der Waals surface area (Å²) in [4.78, 5) is 13.8. The Morgan fingerprint density at radius 1 is 1.17 bits per heavy atom. The first kappa shape index (κ1) is 15.3. The largest absolute Gasteiger partial charge is 0.262 e. The molecule has 0 amide bonds. The van der Waals surface area contributed by atoms with E-state index in [0.29, 0.717) is 11.8 Å². The van der Waals surface area contributed by atoms with Crippen LogP contribution in [0, 0.1) is 6.92 Å². The second kappa shape index (κ2) is 6.31. The van der Waals surface area contributed by atoms with Gasteiger partial charge in [0, 0.05) is 23.2 Å². The fraction of sp³-hybridized carbons (Fsp3) is 0.381. The van der Waals surface area contributed by atoms with E-state index in [1.54, 1.807) is 6.20 Å². The van der Waals surface area contributed by atoms with Crippen LogP contribution in [0.4, 0.5) is 0 Å². The molecule has 2 atom stereocenters. The van der Waals surface area contributed by atoms with Crippen molar-refractivity contribution in [2.24, 2.45) is 0 Å². The summed E-state index contributed by atoms with van der Waals surface area (Å²) in [6.45, 7) is 4.32. The zero-order chi connectivity index (χ0) is 16.5. The Bertz CT molecular complexity index is 872. The monoisotopic (exact) mass is 317 g/mol. The molecular formula is C21H23N3. The lowest BCUT2D eigenvalue weighted by Crippen LogP contribution is -2.13. The van der Waals surface area contributed by atoms with Crippen LogP contribution in [0.25, 0.3) is 10.9 Å². The van der Waals surface area contributed by atoms with E-state index in [9.17, 15) is 0 Å². The van der Waals surface area contributed by atoms with Gasteiger partial charge in [-0.05, 0) is 55.7 Å². The molecule has 3 heteroatoms. The maximum atomic E-state index is 4.78. The van der Waals surface area contributed by atoms with Gasteiger partial charge in [0.05, 0.1) is 11.7 Å². The molecule has 0 spiro atoms. The molecule has 0 bridgehead atoms. The van der Waals surface area contributed by atoms with E-state index >= 15 is 0 Å². The Hall–Kier alpha value is -2.29. The van der Waals surface area contributed by atoms with Gasteiger partial charge in [-0.1, -0.05) is 31.2 Å². The van der Waals surface area contributed by atoms with Crippen LogP contribution in [0.3, 0.4) is 0 Å². The van der Waals surface area contributed by atoms with Crippen molar-refractivity contribution >= 4 is 10.9 Å². The summed E-state index contributed by atoms with van der Waals surface area (Å²) >= 11 is 0. The van der Waals surface area contributed by atoms with E-state index < -0.39 is 0 Å². The average Bonchev–Trinajstić information content (AvgIpc) is 2.62. The molecule has 122 valence electrons. The molecule has 1 aliphatic rings. The number of hydrogen-bond donors (Lipinski definition) is 0. The van der Waals surface area contributed by atoms with Crippen LogP contribution in [0.15, 0.2) is 42.7 Å². The first-order valence-corrected chi connectivity index (χ1v) is 8.88. The van der Waals surface area contributed by atoms with Crippen molar-refractivity contribution in [3.63, 3.8) is 0 Å². The van der Waals surface area contributed by atoms with E-state index in [-0.39, 0.29) is 0 Å². The van der Waals surface area contributed by atoms with Crippen LogP contribution in [0.5, 0.6) is 0 Å². The molecule has 24 heavy (non-hydrogen) atoms. The summed E-state index contributed by atoms with van der Waals surface area (Å²) in [5.41, 5.74) is 5.07. The van der Waals surface area contributed by atoms with Crippen molar-refractivity contribution in [3.05, 3.63) is 65.4 Å². The highest BCUT2D eigenvalue weighted by atomic mass is 14.9. The van der Waals surface area contributed by atoms with Crippen LogP contribution in [-0.2, 0) is 6.42 Å². The highest BCUT2D eigenvalue weighted by Gasteiger charge is 2.23. The summed E-state index contributed by atoms with van der Waals surface area (Å²) in [5.74, 6) is 1.93. The Kier molecular flexibility index (Phi) is 4.01. The number of aromatic nitrogens is 3. The van der Waals surface area contributed by atoms with E-state index in [1.165, 1.54) is 30.4 Å². The summed E-state index contributed by atoms with van der Waals surface area (Å²) in [6, 6.07) is 10.9. The molecule has 2 aromatic heterocycles. The number of fused-ring (bicyclic) bond motifs is 2. The van der Waals surface area contributed by atoms with Gasteiger partial charge in [0.2, 0.25) is 0 Å². The van der Waals surface area contributed by atoms with Crippen molar-refractivity contribution in [1.82, 2.24) is 15.0 Å². The summed E-state index contributed by atoms with van der Waals surface area (Å²) in [6.07, 6.45) is 8.54. The number of aryl methyl sites for hydroxylation is 2. The van der Waals surface area contributed by atoms with Gasteiger partial charge in [-0.15, -0.1) is 0 Å². The highest BCUT2D eigenvalue weighted by molar-refractivity contribution is 5.79. The molecule has 0 saturated heterocycles. The van der Waals surface area contributed by atoms with Gasteiger partial charge >= 0.3 is 0 Å².